The average molecular weight is 255 g/mol. The maximum atomic E-state index is 13.5. The fourth-order valence-electron chi connectivity index (χ4n) is 2.25. The van der Waals surface area contributed by atoms with Crippen LogP contribution in [0.1, 0.15) is 27.0 Å². The van der Waals surface area contributed by atoms with E-state index in [1.807, 2.05) is 6.92 Å². The molecule has 0 spiro atoms. The van der Waals surface area contributed by atoms with E-state index in [-0.39, 0.29) is 24.3 Å². The number of nitrogens with one attached hydrogen (secondary N) is 1. The summed E-state index contributed by atoms with van der Waals surface area (Å²) in [7, 11) is 1.45. The van der Waals surface area contributed by atoms with Gasteiger partial charge in [0.1, 0.15) is 6.23 Å². The molecule has 2 heterocycles. The fraction of sp³-hybridized carbons (Fsp3) is 0.667. The van der Waals surface area contributed by atoms with Crippen LogP contribution in [0, 0.1) is 23.1 Å². The van der Waals surface area contributed by atoms with E-state index >= 15 is 0 Å². The molecule has 1 unspecified atom stereocenters. The van der Waals surface area contributed by atoms with Crippen LogP contribution in [-0.2, 0) is 4.74 Å². The number of aromatic nitrogens is 2. The molecule has 2 rings (SSSR count). The highest BCUT2D eigenvalue weighted by atomic mass is 19.1. The Morgan fingerprint density at radius 3 is 2.56 bits per heavy atom. The monoisotopic (exact) mass is 255 g/mol. The van der Waals surface area contributed by atoms with Crippen molar-refractivity contribution in [2.75, 3.05) is 7.11 Å². The molecule has 1 aromatic heterocycles. The van der Waals surface area contributed by atoms with Gasteiger partial charge in [-0.1, -0.05) is 13.8 Å². The van der Waals surface area contributed by atoms with Gasteiger partial charge in [0.15, 0.2) is 11.3 Å². The molecule has 1 aromatic rings. The number of halogens is 1. The predicted molar refractivity (Wildman–Crippen MR) is 62.5 cm³/mol. The summed E-state index contributed by atoms with van der Waals surface area (Å²) in [5.41, 5.74) is -0.421. The molecule has 1 aliphatic heterocycles. The van der Waals surface area contributed by atoms with E-state index in [1.165, 1.54) is 17.9 Å². The van der Waals surface area contributed by atoms with Crippen LogP contribution in [0.15, 0.2) is 6.20 Å². The van der Waals surface area contributed by atoms with Crippen LogP contribution < -0.4 is 10.2 Å². The van der Waals surface area contributed by atoms with Crippen LogP contribution >= 0.6 is 0 Å². The van der Waals surface area contributed by atoms with Crippen molar-refractivity contribution in [2.45, 2.75) is 33.1 Å². The largest absolute Gasteiger partial charge is 0.468 e. The first-order valence-corrected chi connectivity index (χ1v) is 5.98. The van der Waals surface area contributed by atoms with Crippen molar-refractivity contribution in [3.8, 4) is 6.01 Å². The van der Waals surface area contributed by atoms with Crippen LogP contribution in [0.2, 0.25) is 0 Å². The molecule has 5 nitrogen and oxygen atoms in total. The highest BCUT2D eigenvalue weighted by Crippen LogP contribution is 2.39. The lowest BCUT2D eigenvalue weighted by molar-refractivity contribution is -0.0107. The van der Waals surface area contributed by atoms with Crippen molar-refractivity contribution in [3.05, 3.63) is 17.5 Å². The summed E-state index contributed by atoms with van der Waals surface area (Å²) < 4.78 is 25.9. The van der Waals surface area contributed by atoms with E-state index < -0.39 is 11.3 Å². The number of methoxy groups -OCH3 is 1. The molecule has 0 bridgehead atoms. The third-order valence-corrected chi connectivity index (χ3v) is 3.74. The highest BCUT2D eigenvalue weighted by molar-refractivity contribution is 5.02. The maximum Gasteiger partial charge on any atom is 0.300 e. The zero-order valence-electron chi connectivity index (χ0n) is 11.0. The Kier molecular flexibility index (Phi) is 3.38. The summed E-state index contributed by atoms with van der Waals surface area (Å²) in [6.45, 7) is 6.15. The minimum Gasteiger partial charge on any atom is -0.468 e. The van der Waals surface area contributed by atoms with Gasteiger partial charge in [0.05, 0.1) is 19.4 Å². The first-order chi connectivity index (χ1) is 8.45. The van der Waals surface area contributed by atoms with Crippen molar-refractivity contribution in [2.24, 2.45) is 11.8 Å². The van der Waals surface area contributed by atoms with Crippen molar-refractivity contribution in [1.29, 1.82) is 5.41 Å². The second kappa shape index (κ2) is 4.68. The molecule has 18 heavy (non-hydrogen) atoms. The first-order valence-electron chi connectivity index (χ1n) is 5.98. The van der Waals surface area contributed by atoms with Gasteiger partial charge in [-0.25, -0.2) is 4.39 Å². The van der Waals surface area contributed by atoms with Crippen molar-refractivity contribution in [1.82, 2.24) is 9.55 Å². The van der Waals surface area contributed by atoms with Crippen LogP contribution in [0.5, 0.6) is 6.01 Å². The van der Waals surface area contributed by atoms with Crippen LogP contribution in [-0.4, -0.2) is 22.8 Å². The standard InChI is InChI=1S/C12H18FN3O2/c1-6-7(2)11(18-8(6)3)16-5-9(13)10(14)15-12(16)17-4/h5-8,11,14H,1-4H3/t6?,7-,8+,11+/m0/s1. The lowest BCUT2D eigenvalue weighted by Gasteiger charge is -2.21. The Hall–Kier alpha value is -1.43. The second-order valence-electron chi connectivity index (χ2n) is 4.78. The average Bonchev–Trinajstić information content (AvgIpc) is 2.60. The van der Waals surface area contributed by atoms with E-state index in [2.05, 4.69) is 18.8 Å². The van der Waals surface area contributed by atoms with Crippen LogP contribution in [0.25, 0.3) is 0 Å². The smallest absolute Gasteiger partial charge is 0.300 e. The second-order valence-corrected chi connectivity index (χ2v) is 4.78. The Morgan fingerprint density at radius 1 is 1.39 bits per heavy atom. The van der Waals surface area contributed by atoms with Crippen molar-refractivity contribution in [3.63, 3.8) is 0 Å². The van der Waals surface area contributed by atoms with Gasteiger partial charge < -0.3 is 9.47 Å². The quantitative estimate of drug-likeness (QED) is 0.875. The Labute approximate surface area is 105 Å². The fourth-order valence-corrected chi connectivity index (χ4v) is 2.25. The number of rotatable bonds is 2. The van der Waals surface area contributed by atoms with Gasteiger partial charge in [0.25, 0.3) is 6.01 Å². The van der Waals surface area contributed by atoms with Gasteiger partial charge in [-0.05, 0) is 12.8 Å². The molecule has 0 aromatic carbocycles. The van der Waals surface area contributed by atoms with Crippen molar-refractivity contribution >= 4 is 0 Å². The lowest BCUT2D eigenvalue weighted by atomic mass is 9.93. The molecule has 1 fully saturated rings. The normalized spacial score (nSPS) is 31.6. The summed E-state index contributed by atoms with van der Waals surface area (Å²) in [6.07, 6.45) is 1.01. The molecular formula is C12H18FN3O2. The minimum atomic E-state index is -0.682. The minimum absolute atomic E-state index is 0.0981. The third-order valence-electron chi connectivity index (χ3n) is 3.74. The van der Waals surface area contributed by atoms with E-state index in [0.717, 1.165) is 0 Å². The van der Waals surface area contributed by atoms with Gasteiger partial charge in [0.2, 0.25) is 0 Å². The summed E-state index contributed by atoms with van der Waals surface area (Å²) in [5.74, 6) is -0.0959. The third kappa shape index (κ3) is 2.01. The highest BCUT2D eigenvalue weighted by Gasteiger charge is 2.38. The molecule has 0 saturated carbocycles. The zero-order valence-corrected chi connectivity index (χ0v) is 11.0. The summed E-state index contributed by atoms with van der Waals surface area (Å²) >= 11 is 0. The molecule has 4 atom stereocenters. The summed E-state index contributed by atoms with van der Waals surface area (Å²) in [4.78, 5) is 3.77. The molecule has 1 saturated heterocycles. The number of nitrogens with zero attached hydrogens (tertiary/aromatic N) is 2. The predicted octanol–water partition coefficient (Wildman–Crippen LogP) is 1.70. The Balaban J connectivity index is 2.45. The van der Waals surface area contributed by atoms with E-state index in [0.29, 0.717) is 5.92 Å². The SMILES string of the molecule is COc1nc(=N)c(F)cn1[C@@H]1O[C@H](C)C(C)[C@@H]1C. The topological polar surface area (TPSA) is 60.1 Å². The number of ether oxygens (including phenoxy) is 2. The Morgan fingerprint density at radius 2 is 2.06 bits per heavy atom. The summed E-state index contributed by atoms with van der Waals surface area (Å²) in [6, 6.07) is 0.194. The molecule has 0 radical (unpaired) electrons. The van der Waals surface area contributed by atoms with Gasteiger partial charge in [0, 0.05) is 5.92 Å². The van der Waals surface area contributed by atoms with Gasteiger partial charge in [-0.2, -0.15) is 4.98 Å². The van der Waals surface area contributed by atoms with Gasteiger partial charge >= 0.3 is 0 Å². The lowest BCUT2D eigenvalue weighted by Crippen LogP contribution is -2.23. The molecule has 100 valence electrons. The zero-order chi connectivity index (χ0) is 13.4. The molecular weight excluding hydrogens is 237 g/mol. The molecule has 1 aliphatic rings. The van der Waals surface area contributed by atoms with Crippen LogP contribution in [0.3, 0.4) is 0 Å². The maximum absolute atomic E-state index is 13.5. The number of hydrogen-bond donors (Lipinski definition) is 1. The number of hydrogen-bond acceptors (Lipinski definition) is 4. The van der Waals surface area contributed by atoms with E-state index in [1.54, 1.807) is 0 Å². The van der Waals surface area contributed by atoms with Gasteiger partial charge in [-0.15, -0.1) is 0 Å². The van der Waals surface area contributed by atoms with E-state index in [4.69, 9.17) is 14.9 Å². The van der Waals surface area contributed by atoms with E-state index in [9.17, 15) is 4.39 Å². The molecule has 0 amide bonds. The Bertz CT molecular complexity index is 503. The molecule has 0 aliphatic carbocycles. The van der Waals surface area contributed by atoms with Gasteiger partial charge in [-0.3, -0.25) is 9.98 Å². The van der Waals surface area contributed by atoms with Crippen LogP contribution in [0.4, 0.5) is 4.39 Å². The summed E-state index contributed by atoms with van der Waals surface area (Å²) in [5, 5.41) is 7.34. The first kappa shape index (κ1) is 13.0. The van der Waals surface area contributed by atoms with Crippen molar-refractivity contribution < 1.29 is 13.9 Å². The molecule has 6 heteroatoms. The molecule has 1 N–H and O–H groups in total.